The number of hydrogen-bond acceptors (Lipinski definition) is 5. The molecule has 1 N–H and O–H groups in total. The third-order valence-corrected chi connectivity index (χ3v) is 4.76. The monoisotopic (exact) mass is 403 g/mol. The molecule has 0 atom stereocenters. The van der Waals surface area contributed by atoms with Gasteiger partial charge >= 0.3 is 6.18 Å². The van der Waals surface area contributed by atoms with E-state index in [1.807, 2.05) is 6.92 Å². The average molecular weight is 403 g/mol. The molecule has 28 heavy (non-hydrogen) atoms. The second kappa shape index (κ2) is 6.71. The summed E-state index contributed by atoms with van der Waals surface area (Å²) >= 11 is 1.33. The van der Waals surface area contributed by atoms with Gasteiger partial charge in [0.15, 0.2) is 10.8 Å². The molecular formula is C18H12F3N5OS. The molecule has 0 spiro atoms. The Morgan fingerprint density at radius 3 is 2.79 bits per heavy atom. The summed E-state index contributed by atoms with van der Waals surface area (Å²) in [6.07, 6.45) is 0.0930. The van der Waals surface area contributed by atoms with Gasteiger partial charge in [-0.1, -0.05) is 12.1 Å². The normalized spacial score (nSPS) is 11.7. The van der Waals surface area contributed by atoms with E-state index in [0.29, 0.717) is 5.13 Å². The summed E-state index contributed by atoms with van der Waals surface area (Å²) in [7, 11) is 0. The van der Waals surface area contributed by atoms with E-state index in [1.165, 1.54) is 46.4 Å². The van der Waals surface area contributed by atoms with Crippen molar-refractivity contribution in [2.24, 2.45) is 0 Å². The molecule has 10 heteroatoms. The van der Waals surface area contributed by atoms with Gasteiger partial charge < -0.3 is 0 Å². The fourth-order valence-corrected chi connectivity index (χ4v) is 3.30. The summed E-state index contributed by atoms with van der Waals surface area (Å²) < 4.78 is 40.3. The Bertz CT molecular complexity index is 1180. The van der Waals surface area contributed by atoms with Crippen LogP contribution in [0.1, 0.15) is 20.8 Å². The molecular weight excluding hydrogens is 391 g/mol. The van der Waals surface area contributed by atoms with Gasteiger partial charge in [0, 0.05) is 22.8 Å². The first-order valence-electron chi connectivity index (χ1n) is 8.07. The number of rotatable bonds is 3. The van der Waals surface area contributed by atoms with Crippen LogP contribution in [0.2, 0.25) is 0 Å². The van der Waals surface area contributed by atoms with Crippen LogP contribution in [0.15, 0.2) is 48.9 Å². The SMILES string of the molecule is Cc1cnc(NC(=O)c2ccnn3cc(-c4cccc(C(F)(F)F)c4)nc23)s1. The zero-order valence-corrected chi connectivity index (χ0v) is 15.2. The van der Waals surface area contributed by atoms with Crippen molar-refractivity contribution in [2.75, 3.05) is 5.32 Å². The number of aryl methyl sites for hydroxylation is 1. The van der Waals surface area contributed by atoms with E-state index in [9.17, 15) is 18.0 Å². The highest BCUT2D eigenvalue weighted by Gasteiger charge is 2.30. The molecule has 1 aromatic carbocycles. The molecule has 0 aliphatic rings. The molecule has 142 valence electrons. The molecule has 0 saturated carbocycles. The number of imidazole rings is 1. The number of anilines is 1. The van der Waals surface area contributed by atoms with Crippen molar-refractivity contribution in [1.29, 1.82) is 0 Å². The highest BCUT2D eigenvalue weighted by atomic mass is 32.1. The molecule has 1 amide bonds. The van der Waals surface area contributed by atoms with Crippen LogP contribution >= 0.6 is 11.3 Å². The Morgan fingerprint density at radius 1 is 1.25 bits per heavy atom. The number of alkyl halides is 3. The number of thiazole rings is 1. The first-order chi connectivity index (χ1) is 13.3. The standard InChI is InChI=1S/C18H12F3N5OS/c1-10-8-22-17(28-10)25-16(27)13-5-6-23-26-9-14(24-15(13)26)11-3-2-4-12(7-11)18(19,20)21/h2-9H,1H3,(H,22,25,27). The quantitative estimate of drug-likeness (QED) is 0.549. The molecule has 4 aromatic rings. The van der Waals surface area contributed by atoms with E-state index in [4.69, 9.17) is 0 Å². The van der Waals surface area contributed by atoms with Crippen molar-refractivity contribution >= 4 is 28.0 Å². The lowest BCUT2D eigenvalue weighted by molar-refractivity contribution is -0.137. The number of aromatic nitrogens is 4. The van der Waals surface area contributed by atoms with Crippen LogP contribution in [0.5, 0.6) is 0 Å². The van der Waals surface area contributed by atoms with E-state index < -0.39 is 17.6 Å². The Labute approximate surface area is 160 Å². The Balaban J connectivity index is 1.72. The molecule has 0 aliphatic carbocycles. The van der Waals surface area contributed by atoms with Crippen LogP contribution in [0.25, 0.3) is 16.9 Å². The minimum absolute atomic E-state index is 0.237. The summed E-state index contributed by atoms with van der Waals surface area (Å²) in [6, 6.07) is 6.34. The van der Waals surface area contributed by atoms with Crippen LogP contribution in [-0.2, 0) is 6.18 Å². The summed E-state index contributed by atoms with van der Waals surface area (Å²) in [6.45, 7) is 1.87. The second-order valence-electron chi connectivity index (χ2n) is 5.95. The van der Waals surface area contributed by atoms with E-state index >= 15 is 0 Å². The maximum absolute atomic E-state index is 13.0. The van der Waals surface area contributed by atoms with Gasteiger partial charge in [-0.25, -0.2) is 14.5 Å². The molecule has 0 bridgehead atoms. The fourth-order valence-electron chi connectivity index (χ4n) is 2.65. The smallest absolute Gasteiger partial charge is 0.298 e. The zero-order valence-electron chi connectivity index (χ0n) is 14.4. The Morgan fingerprint density at radius 2 is 2.07 bits per heavy atom. The number of nitrogens with zero attached hydrogens (tertiary/aromatic N) is 4. The molecule has 0 unspecified atom stereocenters. The van der Waals surface area contributed by atoms with Crippen molar-refractivity contribution in [3.05, 3.63) is 64.9 Å². The molecule has 4 rings (SSSR count). The lowest BCUT2D eigenvalue weighted by Gasteiger charge is -2.07. The van der Waals surface area contributed by atoms with Crippen LogP contribution in [0.4, 0.5) is 18.3 Å². The molecule has 6 nitrogen and oxygen atoms in total. The van der Waals surface area contributed by atoms with E-state index in [0.717, 1.165) is 17.0 Å². The van der Waals surface area contributed by atoms with Crippen molar-refractivity contribution in [3.8, 4) is 11.3 Å². The number of carbonyl (C=O) groups is 1. The zero-order chi connectivity index (χ0) is 19.9. The van der Waals surface area contributed by atoms with Gasteiger partial charge in [-0.05, 0) is 25.1 Å². The summed E-state index contributed by atoms with van der Waals surface area (Å²) in [5, 5.41) is 7.23. The van der Waals surface area contributed by atoms with Crippen molar-refractivity contribution in [2.45, 2.75) is 13.1 Å². The van der Waals surface area contributed by atoms with Gasteiger partial charge in [-0.15, -0.1) is 11.3 Å². The van der Waals surface area contributed by atoms with Gasteiger partial charge in [0.1, 0.15) is 0 Å². The molecule has 3 aromatic heterocycles. The number of fused-ring (bicyclic) bond motifs is 1. The lowest BCUT2D eigenvalue weighted by Crippen LogP contribution is -2.13. The van der Waals surface area contributed by atoms with Crippen molar-refractivity contribution in [1.82, 2.24) is 19.6 Å². The van der Waals surface area contributed by atoms with Gasteiger partial charge in [-0.3, -0.25) is 10.1 Å². The van der Waals surface area contributed by atoms with Gasteiger partial charge in [0.25, 0.3) is 5.91 Å². The van der Waals surface area contributed by atoms with Crippen LogP contribution in [0.3, 0.4) is 0 Å². The van der Waals surface area contributed by atoms with Crippen LogP contribution in [-0.4, -0.2) is 25.5 Å². The highest BCUT2D eigenvalue weighted by molar-refractivity contribution is 7.15. The fraction of sp³-hybridized carbons (Fsp3) is 0.111. The molecule has 0 fully saturated rings. The Kier molecular flexibility index (Phi) is 4.34. The average Bonchev–Trinajstić information content (AvgIpc) is 3.26. The molecule has 0 saturated heterocycles. The van der Waals surface area contributed by atoms with Crippen molar-refractivity contribution in [3.63, 3.8) is 0 Å². The largest absolute Gasteiger partial charge is 0.416 e. The number of carbonyl (C=O) groups excluding carboxylic acids is 1. The maximum atomic E-state index is 13.0. The molecule has 0 radical (unpaired) electrons. The predicted octanol–water partition coefficient (Wildman–Crippen LogP) is 4.43. The maximum Gasteiger partial charge on any atom is 0.416 e. The van der Waals surface area contributed by atoms with Gasteiger partial charge in [-0.2, -0.15) is 18.3 Å². The first-order valence-corrected chi connectivity index (χ1v) is 8.89. The second-order valence-corrected chi connectivity index (χ2v) is 7.18. The van der Waals surface area contributed by atoms with Crippen molar-refractivity contribution < 1.29 is 18.0 Å². The summed E-state index contributed by atoms with van der Waals surface area (Å²) in [4.78, 5) is 22.0. The van der Waals surface area contributed by atoms with Gasteiger partial charge in [0.05, 0.1) is 23.0 Å². The predicted molar refractivity (Wildman–Crippen MR) is 98.2 cm³/mol. The lowest BCUT2D eigenvalue weighted by atomic mass is 10.1. The Hall–Kier alpha value is -3.27. The number of halogens is 3. The summed E-state index contributed by atoms with van der Waals surface area (Å²) in [5.74, 6) is -0.428. The minimum Gasteiger partial charge on any atom is -0.298 e. The van der Waals surface area contributed by atoms with E-state index in [2.05, 4.69) is 20.4 Å². The van der Waals surface area contributed by atoms with Crippen LogP contribution in [0, 0.1) is 6.92 Å². The first kappa shape index (κ1) is 18.1. The highest BCUT2D eigenvalue weighted by Crippen LogP contribution is 2.32. The topological polar surface area (TPSA) is 72.2 Å². The van der Waals surface area contributed by atoms with E-state index in [1.54, 1.807) is 6.20 Å². The number of amides is 1. The van der Waals surface area contributed by atoms with E-state index in [-0.39, 0.29) is 22.5 Å². The molecule has 0 aliphatic heterocycles. The summed E-state index contributed by atoms with van der Waals surface area (Å²) in [5.41, 5.74) is 0.264. The van der Waals surface area contributed by atoms with Crippen LogP contribution < -0.4 is 5.32 Å². The third-order valence-electron chi connectivity index (χ3n) is 3.93. The number of benzene rings is 1. The minimum atomic E-state index is -4.45. The molecule has 3 heterocycles. The number of nitrogens with one attached hydrogen (secondary N) is 1. The van der Waals surface area contributed by atoms with Gasteiger partial charge in [0.2, 0.25) is 0 Å². The third kappa shape index (κ3) is 3.46. The number of hydrogen-bond donors (Lipinski definition) is 1.